The molecule has 1 heterocycles. The lowest BCUT2D eigenvalue weighted by molar-refractivity contribution is 0.0527. The van der Waals surface area contributed by atoms with Gasteiger partial charge < -0.3 is 19.3 Å². The molecule has 5 nitrogen and oxygen atoms in total. The maximum absolute atomic E-state index is 12.4. The summed E-state index contributed by atoms with van der Waals surface area (Å²) in [7, 11) is 5.75. The summed E-state index contributed by atoms with van der Waals surface area (Å²) in [6, 6.07) is 1.83. The molecule has 0 aliphatic heterocycles. The molecule has 0 radical (unpaired) electrons. The molecule has 128 valence electrons. The first-order chi connectivity index (χ1) is 10.3. The van der Waals surface area contributed by atoms with Crippen LogP contribution in [0.5, 0.6) is 5.75 Å². The minimum Gasteiger partial charge on any atom is -0.506 e. The second-order valence-electron chi connectivity index (χ2n) is 5.56. The Bertz CT molecular complexity index is 741. The molecule has 1 N–H and O–H groups in total. The number of rotatable bonds is 4. The van der Waals surface area contributed by atoms with E-state index >= 15 is 0 Å². The maximum atomic E-state index is 12.4. The minimum absolute atomic E-state index is 0. The fraction of sp³-hybridized carbons (Fsp3) is 0.438. The second-order valence-corrected chi connectivity index (χ2v) is 6.41. The molecule has 0 aliphatic rings. The smallest absolute Gasteiger partial charge is 0.340 e. The molecule has 2 rings (SSSR count). The van der Waals surface area contributed by atoms with Crippen LogP contribution in [0.3, 0.4) is 0 Å². The molecule has 0 fully saturated rings. The molecule has 1 aromatic heterocycles. The Labute approximate surface area is 150 Å². The first-order valence-electron chi connectivity index (χ1n) is 7.10. The lowest BCUT2D eigenvalue weighted by Crippen LogP contribution is -2.12. The highest BCUT2D eigenvalue weighted by Crippen LogP contribution is 2.39. The summed E-state index contributed by atoms with van der Waals surface area (Å²) < 4.78 is 7.77. The average molecular weight is 406 g/mol. The van der Waals surface area contributed by atoms with E-state index in [4.69, 9.17) is 4.74 Å². The van der Waals surface area contributed by atoms with Gasteiger partial charge in [0.05, 0.1) is 22.2 Å². The number of aromatic hydroxyl groups is 1. The summed E-state index contributed by atoms with van der Waals surface area (Å²) in [4.78, 5) is 14.3. The number of phenolic OH excluding ortho intramolecular Hbond substituents is 1. The first-order valence-corrected chi connectivity index (χ1v) is 7.90. The number of carbonyl (C=O) groups excluding carboxylic acids is 1. The molecule has 7 heteroatoms. The summed E-state index contributed by atoms with van der Waals surface area (Å²) in [5, 5.41) is 11.2. The molecule has 2 aromatic rings. The SMILES string of the molecule is CCOC(=O)c1c(C)n(C)c2cc(Br)c(O)c(CN(C)C)c12.Cl. The van der Waals surface area contributed by atoms with Gasteiger partial charge in [0.1, 0.15) is 5.75 Å². The fourth-order valence-corrected chi connectivity index (χ4v) is 3.13. The van der Waals surface area contributed by atoms with E-state index < -0.39 is 0 Å². The molecule has 0 saturated heterocycles. The Hall–Kier alpha value is -1.24. The predicted molar refractivity (Wildman–Crippen MR) is 97.6 cm³/mol. The highest BCUT2D eigenvalue weighted by atomic mass is 79.9. The summed E-state index contributed by atoms with van der Waals surface area (Å²) in [6.07, 6.45) is 0. The van der Waals surface area contributed by atoms with Crippen LogP contribution in [0, 0.1) is 6.92 Å². The molecule has 0 spiro atoms. The summed E-state index contributed by atoms with van der Waals surface area (Å²) in [5.74, 6) is -0.190. The minimum atomic E-state index is -0.354. The topological polar surface area (TPSA) is 54.7 Å². The number of phenols is 1. The monoisotopic (exact) mass is 404 g/mol. The van der Waals surface area contributed by atoms with Gasteiger partial charge in [-0.25, -0.2) is 4.79 Å². The Kier molecular flexibility index (Phi) is 6.50. The van der Waals surface area contributed by atoms with Crippen molar-refractivity contribution in [3.8, 4) is 5.75 Å². The van der Waals surface area contributed by atoms with Gasteiger partial charge in [-0.3, -0.25) is 0 Å². The molecule has 0 aliphatic carbocycles. The van der Waals surface area contributed by atoms with Crippen LogP contribution in [0.25, 0.3) is 10.9 Å². The molecule has 23 heavy (non-hydrogen) atoms. The van der Waals surface area contributed by atoms with E-state index in [1.54, 1.807) is 6.92 Å². The normalized spacial score (nSPS) is 10.9. The number of aryl methyl sites for hydroxylation is 1. The number of hydrogen-bond donors (Lipinski definition) is 1. The molecule has 0 atom stereocenters. The van der Waals surface area contributed by atoms with Gasteiger partial charge in [-0.15, -0.1) is 12.4 Å². The van der Waals surface area contributed by atoms with Crippen LogP contribution in [-0.4, -0.2) is 41.2 Å². The van der Waals surface area contributed by atoms with Gasteiger partial charge >= 0.3 is 5.97 Å². The van der Waals surface area contributed by atoms with Gasteiger partial charge in [0.25, 0.3) is 0 Å². The van der Waals surface area contributed by atoms with E-state index in [2.05, 4.69) is 15.9 Å². The van der Waals surface area contributed by atoms with Crippen molar-refractivity contribution in [1.82, 2.24) is 9.47 Å². The molecule has 0 saturated carbocycles. The Morgan fingerprint density at radius 3 is 2.57 bits per heavy atom. The maximum Gasteiger partial charge on any atom is 0.340 e. The zero-order chi connectivity index (χ0) is 16.6. The van der Waals surface area contributed by atoms with Gasteiger partial charge in [-0.1, -0.05) is 0 Å². The quantitative estimate of drug-likeness (QED) is 0.790. The number of benzene rings is 1. The Morgan fingerprint density at radius 2 is 2.04 bits per heavy atom. The van der Waals surface area contributed by atoms with E-state index in [9.17, 15) is 9.90 Å². The van der Waals surface area contributed by atoms with Crippen molar-refractivity contribution in [2.45, 2.75) is 20.4 Å². The standard InChI is InChI=1S/C16H21BrN2O3.ClH/c1-6-22-16(21)13-9(2)19(5)12-7-11(17)15(20)10(14(12)13)8-18(3)4;/h7,20H,6,8H2,1-5H3;1H. The largest absolute Gasteiger partial charge is 0.506 e. The third-order valence-electron chi connectivity index (χ3n) is 3.76. The van der Waals surface area contributed by atoms with E-state index in [1.807, 2.05) is 43.6 Å². The van der Waals surface area contributed by atoms with E-state index in [1.165, 1.54) is 0 Å². The molecule has 1 aromatic carbocycles. The third kappa shape index (κ3) is 3.49. The first kappa shape index (κ1) is 19.8. The predicted octanol–water partition coefficient (Wildman–Crippen LogP) is 3.61. The van der Waals surface area contributed by atoms with Crippen LogP contribution in [0.2, 0.25) is 0 Å². The number of halogens is 2. The van der Waals surface area contributed by atoms with Gasteiger partial charge in [0.15, 0.2) is 0 Å². The van der Waals surface area contributed by atoms with Crippen LogP contribution in [-0.2, 0) is 18.3 Å². The van der Waals surface area contributed by atoms with Crippen molar-refractivity contribution in [3.05, 3.63) is 27.4 Å². The van der Waals surface area contributed by atoms with E-state index in [0.29, 0.717) is 23.2 Å². The van der Waals surface area contributed by atoms with Crippen LogP contribution in [0.1, 0.15) is 28.5 Å². The van der Waals surface area contributed by atoms with Crippen LogP contribution >= 0.6 is 28.3 Å². The third-order valence-corrected chi connectivity index (χ3v) is 4.37. The van der Waals surface area contributed by atoms with Crippen molar-refractivity contribution < 1.29 is 14.6 Å². The Morgan fingerprint density at radius 1 is 1.43 bits per heavy atom. The zero-order valence-electron chi connectivity index (χ0n) is 13.9. The number of esters is 1. The van der Waals surface area contributed by atoms with Crippen molar-refractivity contribution >= 4 is 45.2 Å². The van der Waals surface area contributed by atoms with Gasteiger partial charge in [0.2, 0.25) is 0 Å². The summed E-state index contributed by atoms with van der Waals surface area (Å²) >= 11 is 3.39. The second kappa shape index (κ2) is 7.55. The Balaban J connectivity index is 0.00000264. The molecule has 0 bridgehead atoms. The zero-order valence-corrected chi connectivity index (χ0v) is 16.3. The van der Waals surface area contributed by atoms with Crippen LogP contribution in [0.4, 0.5) is 0 Å². The van der Waals surface area contributed by atoms with Crippen LogP contribution in [0.15, 0.2) is 10.5 Å². The molecular weight excluding hydrogens is 384 g/mol. The fourth-order valence-electron chi connectivity index (χ4n) is 2.67. The van der Waals surface area contributed by atoms with Gasteiger partial charge in [0, 0.05) is 30.2 Å². The average Bonchev–Trinajstić information content (AvgIpc) is 2.68. The van der Waals surface area contributed by atoms with E-state index in [0.717, 1.165) is 22.2 Å². The van der Waals surface area contributed by atoms with Crippen LogP contribution < -0.4 is 0 Å². The molecular formula is C16H22BrClN2O3. The van der Waals surface area contributed by atoms with Crippen molar-refractivity contribution in [3.63, 3.8) is 0 Å². The summed E-state index contributed by atoms with van der Waals surface area (Å²) in [6.45, 7) is 4.52. The van der Waals surface area contributed by atoms with Crippen molar-refractivity contribution in [2.24, 2.45) is 7.05 Å². The van der Waals surface area contributed by atoms with Crippen molar-refractivity contribution in [1.29, 1.82) is 0 Å². The number of aromatic nitrogens is 1. The number of fused-ring (bicyclic) bond motifs is 1. The lowest BCUT2D eigenvalue weighted by Gasteiger charge is -2.15. The van der Waals surface area contributed by atoms with E-state index in [-0.39, 0.29) is 24.1 Å². The molecule has 0 unspecified atom stereocenters. The van der Waals surface area contributed by atoms with Gasteiger partial charge in [-0.2, -0.15) is 0 Å². The highest BCUT2D eigenvalue weighted by molar-refractivity contribution is 9.10. The van der Waals surface area contributed by atoms with Crippen molar-refractivity contribution in [2.75, 3.05) is 20.7 Å². The lowest BCUT2D eigenvalue weighted by atomic mass is 10.0. The number of nitrogens with zero attached hydrogens (tertiary/aromatic N) is 2. The van der Waals surface area contributed by atoms with Gasteiger partial charge in [-0.05, 0) is 49.9 Å². The summed E-state index contributed by atoms with van der Waals surface area (Å²) in [5.41, 5.74) is 2.97. The number of ether oxygens (including phenoxy) is 1. The number of hydrogen-bond acceptors (Lipinski definition) is 4. The number of carbonyl (C=O) groups is 1. The highest BCUT2D eigenvalue weighted by Gasteiger charge is 2.25. The molecule has 0 amide bonds.